The van der Waals surface area contributed by atoms with Gasteiger partial charge in [-0.25, -0.2) is 22.0 Å². The van der Waals surface area contributed by atoms with Crippen molar-refractivity contribution in [3.8, 4) is 28.0 Å². The molecule has 202 valence electrons. The first kappa shape index (κ1) is 27.8. The van der Waals surface area contributed by atoms with E-state index in [1.165, 1.54) is 12.1 Å². The van der Waals surface area contributed by atoms with E-state index in [9.17, 15) is 22.0 Å². The molecule has 0 saturated carbocycles. The van der Waals surface area contributed by atoms with Crippen molar-refractivity contribution in [2.75, 3.05) is 13.2 Å². The fraction of sp³-hybridized carbons (Fsp3) is 0.333. The molecular formula is C30H28F6O2. The van der Waals surface area contributed by atoms with Gasteiger partial charge in [0, 0.05) is 28.2 Å². The molecule has 0 aromatic heterocycles. The summed E-state index contributed by atoms with van der Waals surface area (Å²) in [5.41, 5.74) is -2.00. The summed E-state index contributed by atoms with van der Waals surface area (Å²) in [6.07, 6.45) is 6.50. The average molecular weight is 535 g/mol. The van der Waals surface area contributed by atoms with Crippen molar-refractivity contribution in [1.29, 1.82) is 0 Å². The van der Waals surface area contributed by atoms with E-state index in [1.54, 1.807) is 6.92 Å². The van der Waals surface area contributed by atoms with Crippen LogP contribution in [-0.2, 0) is 11.2 Å². The number of hydrogen-bond donors (Lipinski definition) is 0. The molecule has 2 unspecified atom stereocenters. The molecule has 0 spiro atoms. The van der Waals surface area contributed by atoms with Gasteiger partial charge >= 0.3 is 0 Å². The highest BCUT2D eigenvalue weighted by Crippen LogP contribution is 2.37. The van der Waals surface area contributed by atoms with Crippen LogP contribution in [-0.4, -0.2) is 19.3 Å². The summed E-state index contributed by atoms with van der Waals surface area (Å²) in [4.78, 5) is 0. The lowest BCUT2D eigenvalue weighted by molar-refractivity contribution is -0.00800. The lowest BCUT2D eigenvalue weighted by Gasteiger charge is -2.27. The third kappa shape index (κ3) is 5.60. The Morgan fingerprint density at radius 1 is 0.763 bits per heavy atom. The quantitative estimate of drug-likeness (QED) is 0.213. The first-order valence-corrected chi connectivity index (χ1v) is 12.6. The molecular weight excluding hydrogens is 506 g/mol. The summed E-state index contributed by atoms with van der Waals surface area (Å²) in [5.74, 6) is -8.24. The van der Waals surface area contributed by atoms with Crippen molar-refractivity contribution in [2.24, 2.45) is 5.92 Å². The highest BCUT2D eigenvalue weighted by Gasteiger charge is 2.25. The monoisotopic (exact) mass is 534 g/mol. The molecule has 1 aliphatic rings. The number of aryl methyl sites for hydroxylation is 1. The first-order valence-electron chi connectivity index (χ1n) is 12.6. The van der Waals surface area contributed by atoms with Gasteiger partial charge in [0.1, 0.15) is 0 Å². The third-order valence-corrected chi connectivity index (χ3v) is 6.78. The van der Waals surface area contributed by atoms with E-state index in [2.05, 4.69) is 6.08 Å². The zero-order valence-electron chi connectivity index (χ0n) is 21.1. The summed E-state index contributed by atoms with van der Waals surface area (Å²) < 4.78 is 99.5. The van der Waals surface area contributed by atoms with Crippen LogP contribution in [0.25, 0.3) is 22.3 Å². The standard InChI is InChI=1S/C30H28F6O2/c1-3-5-17-6-9-19(38-16-17)10-7-18-8-11-20(26(32)25(18)31)21-12-13-22(28(34)27(21)33)23-14-15-24(37-4-2)30(36)29(23)35/h3,5,8,11-15,17,19H,4,6-7,9-10,16H2,1-2H3. The Balaban J connectivity index is 1.55. The van der Waals surface area contributed by atoms with Crippen LogP contribution in [0.15, 0.2) is 48.6 Å². The number of halogens is 6. The zero-order chi connectivity index (χ0) is 27.4. The van der Waals surface area contributed by atoms with Crippen molar-refractivity contribution < 1.29 is 35.8 Å². The molecule has 0 bridgehead atoms. The second-order valence-electron chi connectivity index (χ2n) is 9.22. The van der Waals surface area contributed by atoms with Gasteiger partial charge in [-0.3, -0.25) is 0 Å². The minimum atomic E-state index is -1.51. The second kappa shape index (κ2) is 12.1. The Bertz CT molecular complexity index is 1330. The van der Waals surface area contributed by atoms with Gasteiger partial charge < -0.3 is 9.47 Å². The SMILES string of the molecule is CC=CC1CCC(CCc2ccc(-c3ccc(-c4ccc(OCC)c(F)c4F)c(F)c3F)c(F)c2F)OC1. The number of allylic oxidation sites excluding steroid dienone is 1. The lowest BCUT2D eigenvalue weighted by atomic mass is 9.93. The van der Waals surface area contributed by atoms with E-state index in [1.807, 2.05) is 13.0 Å². The Labute approximate surface area is 217 Å². The first-order chi connectivity index (χ1) is 18.3. The largest absolute Gasteiger partial charge is 0.491 e. The summed E-state index contributed by atoms with van der Waals surface area (Å²) >= 11 is 0. The molecule has 3 aromatic rings. The van der Waals surface area contributed by atoms with Crippen LogP contribution in [0.5, 0.6) is 5.75 Å². The molecule has 0 amide bonds. The molecule has 4 rings (SSSR count). The number of ether oxygens (including phenoxy) is 2. The minimum Gasteiger partial charge on any atom is -0.491 e. The number of hydrogen-bond acceptors (Lipinski definition) is 2. The van der Waals surface area contributed by atoms with Crippen molar-refractivity contribution in [1.82, 2.24) is 0 Å². The van der Waals surface area contributed by atoms with E-state index >= 15 is 4.39 Å². The molecule has 0 radical (unpaired) electrons. The molecule has 2 nitrogen and oxygen atoms in total. The van der Waals surface area contributed by atoms with Gasteiger partial charge in [-0.2, -0.15) is 4.39 Å². The number of rotatable bonds is 8. The summed E-state index contributed by atoms with van der Waals surface area (Å²) in [7, 11) is 0. The topological polar surface area (TPSA) is 18.5 Å². The van der Waals surface area contributed by atoms with Crippen molar-refractivity contribution >= 4 is 0 Å². The Kier molecular flexibility index (Phi) is 8.82. The molecule has 1 saturated heterocycles. The van der Waals surface area contributed by atoms with Crippen LogP contribution >= 0.6 is 0 Å². The van der Waals surface area contributed by atoms with Gasteiger partial charge in [0.2, 0.25) is 5.82 Å². The Hall–Kier alpha value is -3.26. The van der Waals surface area contributed by atoms with Crippen LogP contribution < -0.4 is 4.74 Å². The molecule has 3 aromatic carbocycles. The van der Waals surface area contributed by atoms with Crippen LogP contribution in [0.3, 0.4) is 0 Å². The molecule has 1 fully saturated rings. The zero-order valence-corrected chi connectivity index (χ0v) is 21.1. The van der Waals surface area contributed by atoms with Crippen LogP contribution in [0.1, 0.15) is 38.7 Å². The van der Waals surface area contributed by atoms with E-state index < -0.39 is 57.2 Å². The van der Waals surface area contributed by atoms with Gasteiger partial charge in [-0.1, -0.05) is 36.4 Å². The van der Waals surface area contributed by atoms with Gasteiger partial charge in [0.25, 0.3) is 0 Å². The maximum atomic E-state index is 15.0. The molecule has 1 heterocycles. The van der Waals surface area contributed by atoms with Gasteiger partial charge in [0.15, 0.2) is 34.8 Å². The third-order valence-electron chi connectivity index (χ3n) is 6.78. The number of benzene rings is 3. The maximum Gasteiger partial charge on any atom is 0.201 e. The predicted octanol–water partition coefficient (Wildman–Crippen LogP) is 8.56. The van der Waals surface area contributed by atoms with E-state index in [0.29, 0.717) is 18.9 Å². The van der Waals surface area contributed by atoms with Crippen LogP contribution in [0.4, 0.5) is 26.3 Å². The molecule has 1 aliphatic heterocycles. The van der Waals surface area contributed by atoms with Crippen LogP contribution in [0, 0.1) is 40.8 Å². The van der Waals surface area contributed by atoms with Gasteiger partial charge in [-0.15, -0.1) is 0 Å². The van der Waals surface area contributed by atoms with Crippen molar-refractivity contribution in [2.45, 2.75) is 45.6 Å². The Morgan fingerprint density at radius 2 is 1.32 bits per heavy atom. The van der Waals surface area contributed by atoms with Gasteiger partial charge in [-0.05, 0) is 57.2 Å². The average Bonchev–Trinajstić information content (AvgIpc) is 2.91. The maximum absolute atomic E-state index is 15.0. The molecule has 2 atom stereocenters. The van der Waals surface area contributed by atoms with Crippen molar-refractivity contribution in [3.05, 3.63) is 89.0 Å². The minimum absolute atomic E-state index is 0.0643. The fourth-order valence-corrected chi connectivity index (χ4v) is 4.76. The van der Waals surface area contributed by atoms with E-state index in [0.717, 1.165) is 37.1 Å². The second-order valence-corrected chi connectivity index (χ2v) is 9.22. The highest BCUT2D eigenvalue weighted by molar-refractivity contribution is 5.73. The van der Waals surface area contributed by atoms with Crippen molar-refractivity contribution in [3.63, 3.8) is 0 Å². The lowest BCUT2D eigenvalue weighted by Crippen LogP contribution is -2.25. The van der Waals surface area contributed by atoms with Gasteiger partial charge in [0.05, 0.1) is 19.3 Å². The molecule has 8 heteroatoms. The molecule has 38 heavy (non-hydrogen) atoms. The normalized spacial score (nSPS) is 17.8. The summed E-state index contributed by atoms with van der Waals surface area (Å²) in [6.45, 7) is 4.20. The summed E-state index contributed by atoms with van der Waals surface area (Å²) in [6, 6.07) is 6.70. The van der Waals surface area contributed by atoms with E-state index in [4.69, 9.17) is 9.47 Å². The summed E-state index contributed by atoms with van der Waals surface area (Å²) in [5, 5.41) is 0. The van der Waals surface area contributed by atoms with E-state index in [-0.39, 0.29) is 30.4 Å². The fourth-order valence-electron chi connectivity index (χ4n) is 4.76. The predicted molar refractivity (Wildman–Crippen MR) is 134 cm³/mol. The molecule has 0 aliphatic carbocycles. The highest BCUT2D eigenvalue weighted by atomic mass is 19.2. The smallest absolute Gasteiger partial charge is 0.201 e. The Morgan fingerprint density at radius 3 is 1.87 bits per heavy atom. The van der Waals surface area contributed by atoms with Crippen LogP contribution in [0.2, 0.25) is 0 Å². The molecule has 0 N–H and O–H groups in total.